The molecule has 396 valence electrons. The number of fused-ring (bicyclic) bond motifs is 2. The summed E-state index contributed by atoms with van der Waals surface area (Å²) < 4.78 is 28.0. The van der Waals surface area contributed by atoms with Gasteiger partial charge >= 0.3 is 5.97 Å². The maximum atomic E-state index is 14.0. The van der Waals surface area contributed by atoms with Crippen LogP contribution in [-0.4, -0.2) is 134 Å². The molecule has 4 amide bonds. The van der Waals surface area contributed by atoms with Gasteiger partial charge in [-0.05, 0) is 149 Å². The summed E-state index contributed by atoms with van der Waals surface area (Å²) in [5.74, 6) is 0.150. The third kappa shape index (κ3) is 13.9. The first-order valence-corrected chi connectivity index (χ1v) is 26.6. The van der Waals surface area contributed by atoms with Crippen molar-refractivity contribution in [1.82, 2.24) is 9.80 Å². The summed E-state index contributed by atoms with van der Waals surface area (Å²) in [5, 5.41) is 9.91. The summed E-state index contributed by atoms with van der Waals surface area (Å²) in [6.07, 6.45) is 15.2. The van der Waals surface area contributed by atoms with Crippen LogP contribution in [0.2, 0.25) is 0 Å². The molecule has 0 radical (unpaired) electrons. The standard InChI is InChI=1S/C30H46N2O6.C26H40N2O5/c1-7-13-27(33)37-20-30(5)29(35)31(16-11-12-17-36-6)25-19-24(22(4)18-26(25)38-30)28(34)32(21(2)3)23-14-9-8-10-15-23;1-18(2)28(20-11-7-6-8-12-20)24(30)21-16-22-23(15-19(21)3)33-26(4,17-29)25(31)27(22)13-9-10-14-32-5/h18-19,21,23H,7-17,20H2,1-6H3;15-16,18,20,29H,6-14,17H2,1-5H3. The van der Waals surface area contributed by atoms with Gasteiger partial charge in [0.25, 0.3) is 23.6 Å². The molecule has 2 aliphatic heterocycles. The lowest BCUT2D eigenvalue weighted by Gasteiger charge is -2.41. The van der Waals surface area contributed by atoms with E-state index in [4.69, 9.17) is 23.7 Å². The predicted molar refractivity (Wildman–Crippen MR) is 277 cm³/mol. The lowest BCUT2D eigenvalue weighted by molar-refractivity contribution is -0.154. The van der Waals surface area contributed by atoms with Crippen LogP contribution < -0.4 is 19.3 Å². The van der Waals surface area contributed by atoms with Crippen molar-refractivity contribution in [3.8, 4) is 11.5 Å². The highest BCUT2D eigenvalue weighted by Crippen LogP contribution is 2.43. The Balaban J connectivity index is 0.000000267. The number of nitrogens with zero attached hydrogens (tertiary/aromatic N) is 4. The molecule has 2 aromatic carbocycles. The summed E-state index contributed by atoms with van der Waals surface area (Å²) in [7, 11) is 3.32. The van der Waals surface area contributed by atoms with Gasteiger partial charge in [-0.2, -0.15) is 0 Å². The van der Waals surface area contributed by atoms with Crippen molar-refractivity contribution in [3.63, 3.8) is 0 Å². The summed E-state index contributed by atoms with van der Waals surface area (Å²) in [5.41, 5.74) is 1.33. The van der Waals surface area contributed by atoms with E-state index in [0.29, 0.717) is 73.1 Å². The highest BCUT2D eigenvalue weighted by Gasteiger charge is 2.47. The number of aryl methyl sites for hydroxylation is 2. The summed E-state index contributed by atoms with van der Waals surface area (Å²) in [6, 6.07) is 7.98. The molecular formula is C56H86N4O11. The minimum Gasteiger partial charge on any atom is -0.473 e. The Morgan fingerprint density at radius 2 is 1.08 bits per heavy atom. The zero-order valence-corrected chi connectivity index (χ0v) is 45.0. The Morgan fingerprint density at radius 3 is 1.46 bits per heavy atom. The van der Waals surface area contributed by atoms with Gasteiger partial charge in [-0.1, -0.05) is 45.4 Å². The number of methoxy groups -OCH3 is 2. The number of carbonyl (C=O) groups is 5. The van der Waals surface area contributed by atoms with Gasteiger partial charge in [0.05, 0.1) is 18.0 Å². The zero-order valence-electron chi connectivity index (χ0n) is 45.0. The molecule has 71 heavy (non-hydrogen) atoms. The lowest BCUT2D eigenvalue weighted by atomic mass is 9.92. The molecule has 2 fully saturated rings. The predicted octanol–water partition coefficient (Wildman–Crippen LogP) is 9.51. The number of ether oxygens (including phenoxy) is 5. The number of benzene rings is 2. The van der Waals surface area contributed by atoms with Gasteiger partial charge in [0, 0.05) is 82.2 Å². The Labute approximate surface area is 424 Å². The van der Waals surface area contributed by atoms with Crippen LogP contribution in [0.4, 0.5) is 11.4 Å². The number of anilines is 2. The first kappa shape index (κ1) is 57.2. The number of hydrogen-bond acceptors (Lipinski definition) is 11. The van der Waals surface area contributed by atoms with Crippen LogP contribution in [0.5, 0.6) is 11.5 Å². The topological polar surface area (TPSA) is 165 Å². The first-order valence-electron chi connectivity index (χ1n) is 26.6. The van der Waals surface area contributed by atoms with Crippen molar-refractivity contribution in [3.05, 3.63) is 46.5 Å². The minimum atomic E-state index is -1.35. The molecule has 0 bridgehead atoms. The number of rotatable bonds is 21. The van der Waals surface area contributed by atoms with E-state index >= 15 is 0 Å². The van der Waals surface area contributed by atoms with E-state index in [9.17, 15) is 29.1 Å². The molecule has 0 saturated heterocycles. The quantitative estimate of drug-likeness (QED) is 0.0936. The average Bonchev–Trinajstić information content (AvgIpc) is 3.34. The molecule has 15 heteroatoms. The Morgan fingerprint density at radius 1 is 0.676 bits per heavy atom. The van der Waals surface area contributed by atoms with E-state index < -0.39 is 17.8 Å². The molecule has 2 saturated carbocycles. The largest absolute Gasteiger partial charge is 0.473 e. The number of aliphatic hydroxyl groups excluding tert-OH is 1. The van der Waals surface area contributed by atoms with E-state index in [1.165, 1.54) is 12.8 Å². The molecule has 2 atom stereocenters. The van der Waals surface area contributed by atoms with E-state index in [0.717, 1.165) is 88.2 Å². The number of amides is 4. The van der Waals surface area contributed by atoms with E-state index in [1.807, 2.05) is 54.8 Å². The number of unbranched alkanes of at least 4 members (excludes halogenated alkanes) is 2. The SMILES string of the molecule is CCCC(=O)OCC1(C)Oc2cc(C)c(C(=O)N(C(C)C)C3CCCCC3)cc2N(CCCCOC)C1=O.COCCCCN1C(=O)C(C)(CO)Oc2cc(C)c(C(=O)N(C(C)C)C3CCCCC3)cc21. The fourth-order valence-corrected chi connectivity index (χ4v) is 10.6. The molecule has 6 rings (SSSR count). The van der Waals surface area contributed by atoms with Crippen molar-refractivity contribution >= 4 is 41.0 Å². The molecule has 0 spiro atoms. The van der Waals surface area contributed by atoms with Crippen molar-refractivity contribution in [2.24, 2.45) is 0 Å². The molecular weight excluding hydrogens is 905 g/mol. The highest BCUT2D eigenvalue weighted by atomic mass is 16.6. The minimum absolute atomic E-state index is 0.000753. The fraction of sp³-hybridized carbons (Fsp3) is 0.696. The van der Waals surface area contributed by atoms with Gasteiger partial charge in [-0.3, -0.25) is 24.0 Å². The van der Waals surface area contributed by atoms with Crippen molar-refractivity contribution in [2.45, 2.75) is 200 Å². The second-order valence-corrected chi connectivity index (χ2v) is 21.0. The molecule has 4 aliphatic rings. The van der Waals surface area contributed by atoms with Crippen molar-refractivity contribution in [2.75, 3.05) is 63.5 Å². The van der Waals surface area contributed by atoms with Crippen LogP contribution in [0, 0.1) is 13.8 Å². The van der Waals surface area contributed by atoms with Crippen molar-refractivity contribution < 1.29 is 52.8 Å². The van der Waals surface area contributed by atoms with Gasteiger partial charge in [-0.15, -0.1) is 0 Å². The second-order valence-electron chi connectivity index (χ2n) is 21.0. The van der Waals surface area contributed by atoms with E-state index in [2.05, 4.69) is 27.7 Å². The molecule has 0 aromatic heterocycles. The van der Waals surface area contributed by atoms with Gasteiger partial charge in [0.1, 0.15) is 18.1 Å². The second kappa shape index (κ2) is 26.3. The smallest absolute Gasteiger partial charge is 0.305 e. The summed E-state index contributed by atoms with van der Waals surface area (Å²) in [4.78, 5) is 74.3. The van der Waals surface area contributed by atoms with Crippen LogP contribution in [0.15, 0.2) is 24.3 Å². The Bertz CT molecular complexity index is 2130. The van der Waals surface area contributed by atoms with Crippen LogP contribution in [0.3, 0.4) is 0 Å². The monoisotopic (exact) mass is 991 g/mol. The third-order valence-electron chi connectivity index (χ3n) is 14.5. The van der Waals surface area contributed by atoms with Crippen LogP contribution in [-0.2, 0) is 28.6 Å². The molecule has 2 heterocycles. The first-order chi connectivity index (χ1) is 33.9. The fourth-order valence-electron chi connectivity index (χ4n) is 10.6. The zero-order chi connectivity index (χ0) is 52.0. The van der Waals surface area contributed by atoms with Crippen LogP contribution in [0.1, 0.15) is 183 Å². The molecule has 15 nitrogen and oxygen atoms in total. The molecule has 1 N–H and O–H groups in total. The molecule has 2 unspecified atom stereocenters. The van der Waals surface area contributed by atoms with Gasteiger partial charge in [0.15, 0.2) is 0 Å². The molecule has 2 aliphatic carbocycles. The Hall–Kier alpha value is -4.73. The van der Waals surface area contributed by atoms with Crippen molar-refractivity contribution in [1.29, 1.82) is 0 Å². The highest BCUT2D eigenvalue weighted by molar-refractivity contribution is 6.06. The van der Waals surface area contributed by atoms with E-state index in [-0.39, 0.29) is 60.4 Å². The van der Waals surface area contributed by atoms with Gasteiger partial charge < -0.3 is 48.4 Å². The normalized spacial score (nSPS) is 20.4. The lowest BCUT2D eigenvalue weighted by Crippen LogP contribution is -2.57. The maximum absolute atomic E-state index is 14.0. The van der Waals surface area contributed by atoms with Crippen LogP contribution >= 0.6 is 0 Å². The van der Waals surface area contributed by atoms with Crippen LogP contribution in [0.25, 0.3) is 0 Å². The number of aliphatic hydroxyl groups is 1. The van der Waals surface area contributed by atoms with Gasteiger partial charge in [0.2, 0.25) is 11.2 Å². The van der Waals surface area contributed by atoms with Gasteiger partial charge in [-0.25, -0.2) is 0 Å². The number of esters is 1. The number of carbonyl (C=O) groups excluding carboxylic acids is 5. The third-order valence-corrected chi connectivity index (χ3v) is 14.5. The molecule has 2 aromatic rings. The average molecular weight is 991 g/mol. The number of hydrogen-bond donors (Lipinski definition) is 1. The van der Waals surface area contributed by atoms with E-state index in [1.54, 1.807) is 37.9 Å². The summed E-state index contributed by atoms with van der Waals surface area (Å²) >= 11 is 0. The Kier molecular flexibility index (Phi) is 21.2. The maximum Gasteiger partial charge on any atom is 0.305 e. The summed E-state index contributed by atoms with van der Waals surface area (Å²) in [6.45, 7) is 18.8.